The van der Waals surface area contributed by atoms with Gasteiger partial charge in [-0.25, -0.2) is 0 Å². The molecule has 0 aliphatic rings. The Morgan fingerprint density at radius 1 is 1.18 bits per heavy atom. The van der Waals surface area contributed by atoms with Crippen molar-refractivity contribution in [2.75, 3.05) is 10.6 Å². The maximum atomic E-state index is 12.3. The Morgan fingerprint density at radius 2 is 1.71 bits per heavy atom. The third kappa shape index (κ3) is 4.22. The van der Waals surface area contributed by atoms with Gasteiger partial charge in [0, 0.05) is 17.1 Å². The van der Waals surface area contributed by atoms with Crippen molar-refractivity contribution < 1.29 is 13.2 Å². The molecule has 96 valence electrons. The molecule has 0 saturated heterocycles. The molecule has 1 aromatic carbocycles. The lowest BCUT2D eigenvalue weighted by Crippen LogP contribution is -2.24. The smallest absolute Gasteiger partial charge is 0.382 e. The number of hydrogen-bond donors (Lipinski definition) is 1. The summed E-state index contributed by atoms with van der Waals surface area (Å²) in [6.45, 7) is 4.07. The van der Waals surface area contributed by atoms with Crippen molar-refractivity contribution in [3.63, 3.8) is 0 Å². The van der Waals surface area contributed by atoms with Crippen LogP contribution in [0.4, 0.5) is 18.9 Å². The number of nitrogens with one attached hydrogen (secondary N) is 1. The van der Waals surface area contributed by atoms with Crippen molar-refractivity contribution in [1.29, 1.82) is 0 Å². The molecule has 1 nitrogen and oxygen atoms in total. The number of anilines is 1. The molecule has 17 heavy (non-hydrogen) atoms. The van der Waals surface area contributed by atoms with Crippen LogP contribution in [0.5, 0.6) is 0 Å². The predicted molar refractivity (Wildman–Crippen MR) is 67.5 cm³/mol. The number of hydrogen-bond acceptors (Lipinski definition) is 1. The summed E-state index contributed by atoms with van der Waals surface area (Å²) in [5.41, 5.74) is 0.0857. The molecule has 1 aromatic rings. The minimum atomic E-state index is -4.27. The van der Waals surface area contributed by atoms with Crippen molar-refractivity contribution in [1.82, 2.24) is 0 Å². The molecule has 2 atom stereocenters. The van der Waals surface area contributed by atoms with Gasteiger partial charge >= 0.3 is 6.18 Å². The quantitative estimate of drug-likeness (QED) is 0.805. The van der Waals surface area contributed by atoms with Crippen LogP contribution in [0.3, 0.4) is 0 Å². The van der Waals surface area contributed by atoms with E-state index in [4.69, 9.17) is 0 Å². The van der Waals surface area contributed by atoms with E-state index in [1.165, 1.54) is 12.1 Å². The van der Waals surface area contributed by atoms with E-state index in [2.05, 4.69) is 28.2 Å². The summed E-state index contributed by atoms with van der Waals surface area (Å²) < 4.78 is 37.0. The van der Waals surface area contributed by atoms with Crippen molar-refractivity contribution in [2.45, 2.75) is 26.1 Å². The standard InChI is InChI=1S/C12H15BrF3N/c1-8(7-13)9(2)17-11-5-3-10(4-6-11)12(14,15)16/h3-6,8-9,17H,7H2,1-2H3. The lowest BCUT2D eigenvalue weighted by Gasteiger charge is -2.20. The van der Waals surface area contributed by atoms with E-state index in [-0.39, 0.29) is 6.04 Å². The lowest BCUT2D eigenvalue weighted by atomic mass is 10.1. The highest BCUT2D eigenvalue weighted by Crippen LogP contribution is 2.30. The highest BCUT2D eigenvalue weighted by Gasteiger charge is 2.29. The van der Waals surface area contributed by atoms with Gasteiger partial charge in [0.1, 0.15) is 0 Å². The van der Waals surface area contributed by atoms with E-state index in [0.717, 1.165) is 17.5 Å². The number of benzene rings is 1. The Bertz CT molecular complexity index is 348. The fraction of sp³-hybridized carbons (Fsp3) is 0.500. The van der Waals surface area contributed by atoms with Crippen LogP contribution in [-0.4, -0.2) is 11.4 Å². The van der Waals surface area contributed by atoms with Gasteiger partial charge in [-0.15, -0.1) is 0 Å². The molecule has 1 rings (SSSR count). The fourth-order valence-corrected chi connectivity index (χ4v) is 1.85. The van der Waals surface area contributed by atoms with Gasteiger partial charge in [-0.3, -0.25) is 0 Å². The fourth-order valence-electron chi connectivity index (χ4n) is 1.29. The van der Waals surface area contributed by atoms with Gasteiger partial charge in [0.15, 0.2) is 0 Å². The van der Waals surface area contributed by atoms with Gasteiger partial charge in [-0.1, -0.05) is 22.9 Å². The molecule has 0 radical (unpaired) electrons. The summed E-state index contributed by atoms with van der Waals surface area (Å²) in [7, 11) is 0. The average molecular weight is 310 g/mol. The van der Waals surface area contributed by atoms with E-state index >= 15 is 0 Å². The van der Waals surface area contributed by atoms with Crippen LogP contribution < -0.4 is 5.32 Å². The topological polar surface area (TPSA) is 12.0 Å². The molecule has 0 saturated carbocycles. The summed E-state index contributed by atoms with van der Waals surface area (Å²) in [6.07, 6.45) is -4.27. The van der Waals surface area contributed by atoms with Crippen LogP contribution >= 0.6 is 15.9 Å². The molecule has 5 heteroatoms. The third-order valence-corrected chi connectivity index (χ3v) is 3.72. The Labute approximate surface area is 108 Å². The van der Waals surface area contributed by atoms with Crippen molar-refractivity contribution >= 4 is 21.6 Å². The zero-order chi connectivity index (χ0) is 13.1. The first-order valence-electron chi connectivity index (χ1n) is 5.34. The van der Waals surface area contributed by atoms with E-state index in [9.17, 15) is 13.2 Å². The summed E-state index contributed by atoms with van der Waals surface area (Å²) in [5, 5.41) is 4.02. The number of rotatable bonds is 4. The molecule has 0 heterocycles. The molecule has 0 amide bonds. The second kappa shape index (κ2) is 5.76. The number of alkyl halides is 4. The van der Waals surface area contributed by atoms with E-state index in [0.29, 0.717) is 11.6 Å². The Balaban J connectivity index is 2.69. The van der Waals surface area contributed by atoms with Gasteiger partial charge in [0.25, 0.3) is 0 Å². The van der Waals surface area contributed by atoms with Crippen molar-refractivity contribution in [3.8, 4) is 0 Å². The largest absolute Gasteiger partial charge is 0.416 e. The molecule has 1 N–H and O–H groups in total. The molecule has 0 aromatic heterocycles. The van der Waals surface area contributed by atoms with Crippen LogP contribution in [0.15, 0.2) is 24.3 Å². The number of halogens is 4. The van der Waals surface area contributed by atoms with Crippen LogP contribution in [0.1, 0.15) is 19.4 Å². The minimum Gasteiger partial charge on any atom is -0.382 e. The predicted octanol–water partition coefficient (Wildman–Crippen LogP) is 4.54. The molecule has 0 bridgehead atoms. The first-order valence-corrected chi connectivity index (χ1v) is 6.46. The van der Waals surface area contributed by atoms with E-state index < -0.39 is 11.7 Å². The molecule has 0 aliphatic carbocycles. The summed E-state index contributed by atoms with van der Waals surface area (Å²) in [6, 6.07) is 5.30. The summed E-state index contributed by atoms with van der Waals surface area (Å²) >= 11 is 3.38. The zero-order valence-corrected chi connectivity index (χ0v) is 11.3. The monoisotopic (exact) mass is 309 g/mol. The average Bonchev–Trinajstić information content (AvgIpc) is 2.27. The molecular formula is C12H15BrF3N. The van der Waals surface area contributed by atoms with Gasteiger partial charge in [0.2, 0.25) is 0 Å². The summed E-state index contributed by atoms with van der Waals surface area (Å²) in [4.78, 5) is 0. The molecular weight excluding hydrogens is 295 g/mol. The second-order valence-electron chi connectivity index (χ2n) is 4.14. The highest BCUT2D eigenvalue weighted by molar-refractivity contribution is 9.09. The van der Waals surface area contributed by atoms with E-state index in [1.807, 2.05) is 6.92 Å². The minimum absolute atomic E-state index is 0.200. The maximum absolute atomic E-state index is 12.3. The molecule has 0 spiro atoms. The second-order valence-corrected chi connectivity index (χ2v) is 4.79. The van der Waals surface area contributed by atoms with Crippen LogP contribution in [0, 0.1) is 5.92 Å². The Kier molecular flexibility index (Phi) is 4.86. The third-order valence-electron chi connectivity index (χ3n) is 2.70. The maximum Gasteiger partial charge on any atom is 0.416 e. The van der Waals surface area contributed by atoms with Gasteiger partial charge in [-0.2, -0.15) is 13.2 Å². The van der Waals surface area contributed by atoms with Gasteiger partial charge in [0.05, 0.1) is 5.56 Å². The summed E-state index contributed by atoms with van der Waals surface area (Å²) in [5.74, 6) is 0.400. The molecule has 0 fully saturated rings. The van der Waals surface area contributed by atoms with Gasteiger partial charge < -0.3 is 5.32 Å². The SMILES string of the molecule is CC(CBr)C(C)Nc1ccc(C(F)(F)F)cc1. The van der Waals surface area contributed by atoms with E-state index in [1.54, 1.807) is 0 Å². The van der Waals surface area contributed by atoms with Crippen molar-refractivity contribution in [3.05, 3.63) is 29.8 Å². The highest BCUT2D eigenvalue weighted by atomic mass is 79.9. The Morgan fingerprint density at radius 3 is 2.12 bits per heavy atom. The molecule has 2 unspecified atom stereocenters. The van der Waals surface area contributed by atoms with Crippen molar-refractivity contribution in [2.24, 2.45) is 5.92 Å². The normalized spacial score (nSPS) is 15.4. The lowest BCUT2D eigenvalue weighted by molar-refractivity contribution is -0.137. The molecule has 0 aliphatic heterocycles. The zero-order valence-electron chi connectivity index (χ0n) is 9.68. The van der Waals surface area contributed by atoms with Crippen LogP contribution in [0.25, 0.3) is 0 Å². The van der Waals surface area contributed by atoms with Crippen LogP contribution in [0.2, 0.25) is 0 Å². The van der Waals surface area contributed by atoms with Crippen LogP contribution in [-0.2, 0) is 6.18 Å². The first kappa shape index (κ1) is 14.4. The van der Waals surface area contributed by atoms with Gasteiger partial charge in [-0.05, 0) is 37.1 Å². The Hall–Kier alpha value is -0.710. The first-order chi connectivity index (χ1) is 7.84.